The fourth-order valence-electron chi connectivity index (χ4n) is 14.2. The maximum absolute atomic E-state index is 13.0. The van der Waals surface area contributed by atoms with Gasteiger partial charge in [0.25, 0.3) is 10.2 Å². The molecular weight excluding hydrogens is 1880 g/mol. The molecule has 0 saturated carbocycles. The molecule has 3 amide bonds. The predicted octanol–water partition coefficient (Wildman–Crippen LogP) is 13.3. The van der Waals surface area contributed by atoms with Crippen LogP contribution in [-0.2, 0) is 109 Å². The number of carbonyl (C=O) groups excluding carboxylic acids is 6. The van der Waals surface area contributed by atoms with Crippen molar-refractivity contribution in [2.24, 2.45) is 0 Å². The molecule has 0 saturated heterocycles. The van der Waals surface area contributed by atoms with Crippen molar-refractivity contribution < 1.29 is 128 Å². The number of rotatable bonds is 32. The SMILES string of the molecule is CC#N.COc1c(COC(=O)CCCCl)c2c(c(OC)c1OC)-c1ccc(SC)c(=O)cc1[C@H](NC(C)=O)CC2.COc1c(COC(=O)CCCI)c2c(c(OC)c1OC)-c1ccc(SC)c(=O)cc1[C@H](NC(C)=O)CC2.COc1c(COC(=O)CCCO[N+](=O)[O-])c2c(c(OC)c1OC)-c1ccc(SC)c(=O)cc1[C@H](NC(C)=O)CC2.O=[N+]([O-])O.[Ag]. The molecule has 1 radical (unpaired) electrons. The summed E-state index contributed by atoms with van der Waals surface area (Å²) in [6.45, 7) is 5.30. The van der Waals surface area contributed by atoms with Gasteiger partial charge >= 0.3 is 17.9 Å². The second-order valence-corrected chi connectivity index (χ2v) is 30.2. The van der Waals surface area contributed by atoms with Crippen molar-refractivity contribution in [1.29, 1.82) is 5.26 Å². The van der Waals surface area contributed by atoms with Crippen LogP contribution in [0.3, 0.4) is 0 Å². The van der Waals surface area contributed by atoms with Crippen LogP contribution in [0.4, 0.5) is 0 Å². The quantitative estimate of drug-likeness (QED) is 0.00351. The van der Waals surface area contributed by atoms with E-state index < -0.39 is 34.3 Å². The normalized spacial score (nSPS) is 13.3. The maximum atomic E-state index is 13.0. The molecular formula is C83H100AgClIN6O27S3. The Morgan fingerprint density at radius 2 is 0.754 bits per heavy atom. The summed E-state index contributed by atoms with van der Waals surface area (Å²) in [6.07, 6.45) is 10.2. The second-order valence-electron chi connectivity index (χ2n) is 26.2. The number of carbonyl (C=O) groups is 6. The molecule has 0 unspecified atom stereocenters. The maximum Gasteiger partial charge on any atom is 0.306 e. The molecule has 667 valence electrons. The first-order valence-electron chi connectivity index (χ1n) is 37.4. The van der Waals surface area contributed by atoms with Crippen molar-refractivity contribution in [1.82, 2.24) is 16.0 Å². The van der Waals surface area contributed by atoms with Gasteiger partial charge in [0.2, 0.25) is 35.0 Å². The molecule has 122 heavy (non-hydrogen) atoms. The van der Waals surface area contributed by atoms with E-state index in [1.165, 1.54) is 120 Å². The van der Waals surface area contributed by atoms with Gasteiger partial charge in [0.05, 0.1) is 109 Å². The number of ether oxygens (including phenoxy) is 12. The second kappa shape index (κ2) is 52.5. The molecule has 4 N–H and O–H groups in total. The summed E-state index contributed by atoms with van der Waals surface area (Å²) >= 11 is 12.0. The molecule has 33 nitrogen and oxygen atoms in total. The number of hydrogen-bond acceptors (Lipinski definition) is 30. The van der Waals surface area contributed by atoms with Gasteiger partial charge in [-0.25, -0.2) is 0 Å². The molecule has 0 bridgehead atoms. The van der Waals surface area contributed by atoms with Gasteiger partial charge in [-0.2, -0.15) is 5.26 Å². The van der Waals surface area contributed by atoms with Crippen molar-refractivity contribution in [2.45, 2.75) is 157 Å². The number of hydrogen-bond donors (Lipinski definition) is 4. The zero-order valence-electron chi connectivity index (χ0n) is 70.3. The fourth-order valence-corrected chi connectivity index (χ4v) is 16.1. The van der Waals surface area contributed by atoms with Gasteiger partial charge < -0.3 is 82.8 Å². The first-order chi connectivity index (χ1) is 57.9. The van der Waals surface area contributed by atoms with Gasteiger partial charge in [0.1, 0.15) is 19.8 Å². The molecule has 3 aliphatic carbocycles. The summed E-state index contributed by atoms with van der Waals surface area (Å²) in [6, 6.07) is 16.0. The van der Waals surface area contributed by atoms with Gasteiger partial charge in [-0.1, -0.05) is 40.8 Å². The van der Waals surface area contributed by atoms with Crippen LogP contribution in [0, 0.1) is 31.6 Å². The largest absolute Gasteiger partial charge is 0.492 e. The van der Waals surface area contributed by atoms with E-state index >= 15 is 0 Å². The number of benzene rings is 3. The minimum Gasteiger partial charge on any atom is -0.492 e. The Labute approximate surface area is 752 Å². The summed E-state index contributed by atoms with van der Waals surface area (Å²) in [5.41, 5.74) is 10.0. The van der Waals surface area contributed by atoms with Gasteiger partial charge in [-0.3, -0.25) is 43.2 Å². The number of halogens is 2. The number of nitrogens with one attached hydrogen (secondary N) is 3. The molecule has 6 aromatic carbocycles. The molecule has 9 rings (SSSR count). The van der Waals surface area contributed by atoms with E-state index in [0.29, 0.717) is 168 Å². The number of amides is 3. The molecule has 39 heteroatoms. The van der Waals surface area contributed by atoms with Crippen molar-refractivity contribution in [3.8, 4) is 91.2 Å². The van der Waals surface area contributed by atoms with E-state index in [0.717, 1.165) is 44.2 Å². The molecule has 0 heterocycles. The summed E-state index contributed by atoms with van der Waals surface area (Å²) in [5.74, 6) is 1.85. The Hall–Kier alpha value is -9.95. The Morgan fingerprint density at radius 1 is 0.492 bits per heavy atom. The van der Waals surface area contributed by atoms with Crippen LogP contribution in [0.1, 0.15) is 154 Å². The fraction of sp³-hybridized carbons (Fsp3) is 0.446. The summed E-state index contributed by atoms with van der Waals surface area (Å²) < 4.78 is 69.7. The number of esters is 3. The van der Waals surface area contributed by atoms with Gasteiger partial charge in [0, 0.05) is 113 Å². The van der Waals surface area contributed by atoms with Crippen LogP contribution in [0.25, 0.3) is 33.4 Å². The third kappa shape index (κ3) is 27.5. The number of fused-ring (bicyclic) bond motifs is 9. The minimum absolute atomic E-state index is 0. The summed E-state index contributed by atoms with van der Waals surface area (Å²) in [7, 11) is 13.6. The third-order valence-electron chi connectivity index (χ3n) is 19.0. The van der Waals surface area contributed by atoms with Crippen molar-refractivity contribution in [3.05, 3.63) is 156 Å². The van der Waals surface area contributed by atoms with E-state index in [-0.39, 0.29) is 120 Å². The van der Waals surface area contributed by atoms with E-state index in [1.54, 1.807) is 49.6 Å². The number of nitrogens with zero attached hydrogens (tertiary/aromatic N) is 3. The van der Waals surface area contributed by atoms with E-state index in [2.05, 4.69) is 43.4 Å². The molecule has 3 atom stereocenters. The summed E-state index contributed by atoms with van der Waals surface area (Å²) in [5, 5.41) is 39.3. The van der Waals surface area contributed by atoms with Gasteiger partial charge in [-0.15, -0.1) is 67.1 Å². The monoisotopic (exact) mass is 1980 g/mol. The number of alkyl halides is 2. The molecule has 6 aromatic rings. The molecule has 3 aliphatic rings. The molecule has 0 aliphatic heterocycles. The third-order valence-corrected chi connectivity index (χ3v) is 22.3. The summed E-state index contributed by atoms with van der Waals surface area (Å²) in [4.78, 5) is 137. The number of thioether (sulfide) groups is 3. The smallest absolute Gasteiger partial charge is 0.306 e. The van der Waals surface area contributed by atoms with Gasteiger partial charge in [0.15, 0.2) is 50.8 Å². The first kappa shape index (κ1) is 104. The van der Waals surface area contributed by atoms with E-state index in [9.17, 15) is 53.3 Å². The van der Waals surface area contributed by atoms with E-state index in [4.69, 9.17) is 89.0 Å². The standard InChI is InChI=1S/C27H32ClNO7S.C27H32INO7S.C27H32N2O10S.C2H3N.Ag.HNO3/c2*1-15(30)29-20-10-8-17-19(14-36-23(32)7-6-12-28)25(33-2)27(35-4)26(34-3)24(17)16-9-11-22(37-5)21(31)13-18(16)20;1-15(30)28-20-10-8-17-19(14-38-23(32)7-6-12-39-29(33)34)25(35-2)27(37-4)26(36-3)24(17)16-9-11-22(40-5)21(31)13-18(16)20;1-2-3;;2-1(3)4/h2*9,11,13,20H,6-8,10,12,14H2,1-5H3,(H,29,30);9,11,13,20H,6-8,10,12,14H2,1-5H3,(H,28,30);1H3;;(H,2,3,4)/t3*20-;;;/m111.../s1. The predicted molar refractivity (Wildman–Crippen MR) is 463 cm³/mol. The Bertz CT molecular complexity index is 4800. The zero-order chi connectivity index (χ0) is 89.9. The van der Waals surface area contributed by atoms with Crippen LogP contribution in [0.15, 0.2) is 83.7 Å². The number of nitriles is 1. The zero-order valence-corrected chi connectivity index (χ0v) is 77.2. The van der Waals surface area contributed by atoms with Crippen LogP contribution in [0.5, 0.6) is 51.7 Å². The molecule has 0 aromatic heterocycles. The van der Waals surface area contributed by atoms with Crippen LogP contribution < -0.4 is 74.9 Å². The average molecular weight is 1980 g/mol. The Morgan fingerprint density at radius 3 is 0.984 bits per heavy atom. The Kier molecular flexibility index (Phi) is 44.9. The minimum atomic E-state index is -1.50. The van der Waals surface area contributed by atoms with Crippen molar-refractivity contribution in [2.75, 3.05) is 99.7 Å². The Balaban J connectivity index is 0.000000368. The van der Waals surface area contributed by atoms with Crippen molar-refractivity contribution in [3.63, 3.8) is 0 Å². The number of methoxy groups -OCH3 is 9. The first-order valence-corrected chi connectivity index (χ1v) is 43.2. The molecule has 0 fully saturated rings. The van der Waals surface area contributed by atoms with E-state index in [1.807, 2.05) is 37.0 Å². The van der Waals surface area contributed by atoms with Crippen LogP contribution in [0.2, 0.25) is 0 Å². The molecule has 0 spiro atoms. The van der Waals surface area contributed by atoms with Crippen molar-refractivity contribution >= 4 is 105 Å². The van der Waals surface area contributed by atoms with Crippen LogP contribution in [-0.4, -0.2) is 151 Å². The average Bonchev–Trinajstić information content (AvgIpc) is 1.41. The van der Waals surface area contributed by atoms with Gasteiger partial charge in [-0.05, 0) is 163 Å². The van der Waals surface area contributed by atoms with Crippen LogP contribution >= 0.6 is 69.5 Å². The topological polar surface area (TPSA) is 440 Å².